The smallest absolute Gasteiger partial charge is 0.0192 e. The molecule has 0 fully saturated rings. The Labute approximate surface area is 93.7 Å². The van der Waals surface area contributed by atoms with Gasteiger partial charge in [-0.05, 0) is 24.8 Å². The molecular formula is C14H22N. The molecule has 0 amide bonds. The molecule has 0 atom stereocenters. The third kappa shape index (κ3) is 6.29. The Morgan fingerprint density at radius 3 is 2.27 bits per heavy atom. The highest BCUT2D eigenvalue weighted by molar-refractivity contribution is 5.14. The van der Waals surface area contributed by atoms with E-state index >= 15 is 0 Å². The summed E-state index contributed by atoms with van der Waals surface area (Å²) in [6.07, 6.45) is 8.88. The average Bonchev–Trinajstić information content (AvgIpc) is 2.29. The van der Waals surface area contributed by atoms with Gasteiger partial charge in [0, 0.05) is 6.54 Å². The van der Waals surface area contributed by atoms with Crippen LogP contribution in [0.25, 0.3) is 0 Å². The van der Waals surface area contributed by atoms with Gasteiger partial charge in [-0.1, -0.05) is 56.0 Å². The zero-order valence-electron chi connectivity index (χ0n) is 9.49. The molecular weight excluding hydrogens is 182 g/mol. The van der Waals surface area contributed by atoms with Crippen LogP contribution in [0.1, 0.15) is 44.1 Å². The van der Waals surface area contributed by atoms with Gasteiger partial charge < -0.3 is 5.73 Å². The second-order valence-electron chi connectivity index (χ2n) is 4.03. The molecule has 0 spiro atoms. The Morgan fingerprint density at radius 2 is 1.53 bits per heavy atom. The van der Waals surface area contributed by atoms with Crippen molar-refractivity contribution in [1.29, 1.82) is 0 Å². The number of rotatable bonds is 8. The van der Waals surface area contributed by atoms with Gasteiger partial charge in [0.2, 0.25) is 0 Å². The van der Waals surface area contributed by atoms with Crippen LogP contribution in [0.3, 0.4) is 0 Å². The maximum atomic E-state index is 5.32. The molecule has 1 radical (unpaired) electrons. The highest BCUT2D eigenvalue weighted by atomic mass is 14.5. The molecule has 0 aromatic heterocycles. The number of nitrogens with two attached hydrogens (primary N) is 1. The van der Waals surface area contributed by atoms with Crippen LogP contribution in [0.2, 0.25) is 0 Å². The van der Waals surface area contributed by atoms with E-state index in [9.17, 15) is 0 Å². The van der Waals surface area contributed by atoms with Crippen molar-refractivity contribution < 1.29 is 0 Å². The summed E-state index contributed by atoms with van der Waals surface area (Å²) in [4.78, 5) is 0. The molecule has 15 heavy (non-hydrogen) atoms. The van der Waals surface area contributed by atoms with Gasteiger partial charge in [-0.15, -0.1) is 0 Å². The first-order chi connectivity index (χ1) is 7.43. The van der Waals surface area contributed by atoms with Crippen LogP contribution < -0.4 is 5.73 Å². The SMILES string of the molecule is N[CH]CCCCCCCc1ccccc1. The third-order valence-corrected chi connectivity index (χ3v) is 2.68. The molecule has 0 heterocycles. The van der Waals surface area contributed by atoms with E-state index in [0.717, 1.165) is 6.42 Å². The van der Waals surface area contributed by atoms with Crippen molar-refractivity contribution in [3.63, 3.8) is 0 Å². The molecule has 1 aromatic rings. The highest BCUT2D eigenvalue weighted by Gasteiger charge is 1.93. The van der Waals surface area contributed by atoms with Gasteiger partial charge in [0.15, 0.2) is 0 Å². The molecule has 0 saturated heterocycles. The largest absolute Gasteiger partial charge is 0.326 e. The van der Waals surface area contributed by atoms with E-state index in [1.807, 2.05) is 0 Å². The van der Waals surface area contributed by atoms with Crippen LogP contribution in [-0.4, -0.2) is 0 Å². The number of hydrogen-bond acceptors (Lipinski definition) is 1. The highest BCUT2D eigenvalue weighted by Crippen LogP contribution is 2.09. The number of benzene rings is 1. The molecule has 0 bridgehead atoms. The fraction of sp³-hybridized carbons (Fsp3) is 0.500. The quantitative estimate of drug-likeness (QED) is 0.642. The van der Waals surface area contributed by atoms with Crippen molar-refractivity contribution in [1.82, 2.24) is 0 Å². The van der Waals surface area contributed by atoms with Gasteiger partial charge in [-0.2, -0.15) is 0 Å². The Bertz CT molecular complexity index is 230. The second-order valence-corrected chi connectivity index (χ2v) is 4.03. The van der Waals surface area contributed by atoms with E-state index in [1.165, 1.54) is 44.1 Å². The summed E-state index contributed by atoms with van der Waals surface area (Å²) in [7, 11) is 0. The molecule has 0 aliphatic rings. The lowest BCUT2D eigenvalue weighted by molar-refractivity contribution is 0.610. The van der Waals surface area contributed by atoms with Crippen LogP contribution in [0.5, 0.6) is 0 Å². The first-order valence-electron chi connectivity index (χ1n) is 6.01. The molecule has 0 unspecified atom stereocenters. The standard InChI is InChI=1S/C14H22N/c15-13-9-4-2-1-3-6-10-14-11-7-5-8-12-14/h5,7-8,11-13H,1-4,6,9-10,15H2. The molecule has 1 aromatic carbocycles. The summed E-state index contributed by atoms with van der Waals surface area (Å²) < 4.78 is 0. The van der Waals surface area contributed by atoms with Gasteiger partial charge in [0.1, 0.15) is 0 Å². The van der Waals surface area contributed by atoms with Crippen molar-refractivity contribution in [3.05, 3.63) is 42.4 Å². The van der Waals surface area contributed by atoms with Crippen LogP contribution in [0.15, 0.2) is 30.3 Å². The zero-order chi connectivity index (χ0) is 10.8. The Kier molecular flexibility index (Phi) is 6.93. The van der Waals surface area contributed by atoms with Crippen molar-refractivity contribution in [2.45, 2.75) is 44.9 Å². The fourth-order valence-electron chi connectivity index (χ4n) is 1.77. The van der Waals surface area contributed by atoms with Gasteiger partial charge in [0.05, 0.1) is 0 Å². The van der Waals surface area contributed by atoms with Crippen molar-refractivity contribution >= 4 is 0 Å². The predicted molar refractivity (Wildman–Crippen MR) is 66.3 cm³/mol. The van der Waals surface area contributed by atoms with Gasteiger partial charge in [-0.3, -0.25) is 0 Å². The number of unbranched alkanes of at least 4 members (excludes halogenated alkanes) is 5. The van der Waals surface area contributed by atoms with Crippen LogP contribution >= 0.6 is 0 Å². The van der Waals surface area contributed by atoms with Crippen molar-refractivity contribution in [2.75, 3.05) is 0 Å². The second kappa shape index (κ2) is 8.49. The lowest BCUT2D eigenvalue weighted by Crippen LogP contribution is -1.90. The van der Waals surface area contributed by atoms with E-state index in [2.05, 4.69) is 30.3 Å². The maximum absolute atomic E-state index is 5.32. The molecule has 2 N–H and O–H groups in total. The minimum absolute atomic E-state index is 1.07. The summed E-state index contributed by atoms with van der Waals surface area (Å²) in [6.45, 7) is 1.77. The predicted octanol–water partition coefficient (Wildman–Crippen LogP) is 3.69. The molecule has 0 aliphatic carbocycles. The Morgan fingerprint density at radius 1 is 0.867 bits per heavy atom. The first-order valence-corrected chi connectivity index (χ1v) is 6.01. The molecule has 83 valence electrons. The summed E-state index contributed by atoms with van der Waals surface area (Å²) in [5.74, 6) is 0. The summed E-state index contributed by atoms with van der Waals surface area (Å²) >= 11 is 0. The monoisotopic (exact) mass is 204 g/mol. The van der Waals surface area contributed by atoms with Crippen molar-refractivity contribution in [2.24, 2.45) is 5.73 Å². The summed E-state index contributed by atoms with van der Waals surface area (Å²) in [5, 5.41) is 0. The fourth-order valence-corrected chi connectivity index (χ4v) is 1.77. The lowest BCUT2D eigenvalue weighted by Gasteiger charge is -2.01. The zero-order valence-corrected chi connectivity index (χ0v) is 9.49. The topological polar surface area (TPSA) is 26.0 Å². The van der Waals surface area contributed by atoms with E-state index in [0.29, 0.717) is 0 Å². The molecule has 1 nitrogen and oxygen atoms in total. The van der Waals surface area contributed by atoms with E-state index < -0.39 is 0 Å². The molecule has 0 saturated carbocycles. The third-order valence-electron chi connectivity index (χ3n) is 2.68. The normalized spacial score (nSPS) is 10.5. The molecule has 1 heteroatoms. The summed E-state index contributed by atoms with van der Waals surface area (Å²) in [5.41, 5.74) is 6.79. The molecule has 0 aliphatic heterocycles. The maximum Gasteiger partial charge on any atom is 0.0192 e. The van der Waals surface area contributed by atoms with Crippen LogP contribution in [0.4, 0.5) is 0 Å². The van der Waals surface area contributed by atoms with Gasteiger partial charge in [-0.25, -0.2) is 0 Å². The lowest BCUT2D eigenvalue weighted by atomic mass is 10.1. The van der Waals surface area contributed by atoms with Gasteiger partial charge in [0.25, 0.3) is 0 Å². The average molecular weight is 204 g/mol. The van der Waals surface area contributed by atoms with Crippen molar-refractivity contribution in [3.8, 4) is 0 Å². The van der Waals surface area contributed by atoms with E-state index in [-0.39, 0.29) is 0 Å². The minimum atomic E-state index is 1.07. The Balaban J connectivity index is 1.93. The first kappa shape index (κ1) is 12.3. The van der Waals surface area contributed by atoms with E-state index in [4.69, 9.17) is 5.73 Å². The van der Waals surface area contributed by atoms with E-state index in [1.54, 1.807) is 6.54 Å². The van der Waals surface area contributed by atoms with Crippen LogP contribution in [-0.2, 0) is 6.42 Å². The van der Waals surface area contributed by atoms with Gasteiger partial charge >= 0.3 is 0 Å². The minimum Gasteiger partial charge on any atom is -0.326 e. The summed E-state index contributed by atoms with van der Waals surface area (Å²) in [6, 6.07) is 10.7. The molecule has 1 rings (SSSR count). The number of aryl methyl sites for hydroxylation is 1. The number of hydrogen-bond donors (Lipinski definition) is 1. The Hall–Kier alpha value is -0.820. The van der Waals surface area contributed by atoms with Crippen LogP contribution in [0, 0.1) is 6.54 Å².